The van der Waals surface area contributed by atoms with Crippen LogP contribution >= 0.6 is 11.6 Å². The van der Waals surface area contributed by atoms with Crippen LogP contribution in [0.15, 0.2) is 55.1 Å². The summed E-state index contributed by atoms with van der Waals surface area (Å²) in [5, 5.41) is 4.35. The largest absolute Gasteiger partial charge is 0.497 e. The number of halogens is 1. The van der Waals surface area contributed by atoms with Crippen molar-refractivity contribution in [2.24, 2.45) is 0 Å². The first kappa shape index (κ1) is 14.0. The molecule has 0 unspecified atom stereocenters. The highest BCUT2D eigenvalue weighted by Crippen LogP contribution is 2.35. The molecule has 3 rings (SSSR count). The van der Waals surface area contributed by atoms with Crippen molar-refractivity contribution >= 4 is 17.3 Å². The van der Waals surface area contributed by atoms with E-state index in [1.54, 1.807) is 7.11 Å². The minimum atomic E-state index is 0.251. The molecule has 1 aliphatic heterocycles. The molecule has 0 spiro atoms. The lowest BCUT2D eigenvalue weighted by molar-refractivity contribution is 0.414. The first-order valence-corrected chi connectivity index (χ1v) is 7.40. The molecule has 2 aromatic carbocycles. The molecule has 1 aliphatic rings. The maximum atomic E-state index is 5.97. The predicted octanol–water partition coefficient (Wildman–Crippen LogP) is 4.66. The van der Waals surface area contributed by atoms with Gasteiger partial charge in [0.15, 0.2) is 0 Å². The molecule has 2 aromatic rings. The number of hydrogen-bond acceptors (Lipinski definition) is 2. The summed E-state index contributed by atoms with van der Waals surface area (Å²) in [6.07, 6.45) is 2.97. The van der Waals surface area contributed by atoms with Crippen molar-refractivity contribution in [3.63, 3.8) is 0 Å². The molecule has 2 nitrogen and oxygen atoms in total. The second-order valence-electron chi connectivity index (χ2n) is 5.29. The van der Waals surface area contributed by atoms with Gasteiger partial charge in [0.1, 0.15) is 5.75 Å². The molecule has 0 aromatic heterocycles. The van der Waals surface area contributed by atoms with E-state index in [-0.39, 0.29) is 5.92 Å². The summed E-state index contributed by atoms with van der Waals surface area (Å²) in [4.78, 5) is 0. The molecule has 0 saturated carbocycles. The van der Waals surface area contributed by atoms with Crippen molar-refractivity contribution in [1.29, 1.82) is 0 Å². The third-order valence-electron chi connectivity index (χ3n) is 4.04. The SMILES string of the molecule is C=C[C@@H](c1ccc(Cl)cc1)[C@@H]1Cc2cc(OC)ccc2N1. The summed E-state index contributed by atoms with van der Waals surface area (Å²) in [7, 11) is 1.70. The number of fused-ring (bicyclic) bond motifs is 1. The summed E-state index contributed by atoms with van der Waals surface area (Å²) in [5.74, 6) is 1.15. The number of anilines is 1. The van der Waals surface area contributed by atoms with Gasteiger partial charge in [-0.05, 0) is 47.9 Å². The minimum Gasteiger partial charge on any atom is -0.497 e. The van der Waals surface area contributed by atoms with Crippen molar-refractivity contribution in [2.45, 2.75) is 18.4 Å². The Balaban J connectivity index is 1.84. The van der Waals surface area contributed by atoms with Crippen LogP contribution in [0, 0.1) is 0 Å². The van der Waals surface area contributed by atoms with Gasteiger partial charge in [-0.2, -0.15) is 0 Å². The lowest BCUT2D eigenvalue weighted by Gasteiger charge is -2.21. The highest BCUT2D eigenvalue weighted by molar-refractivity contribution is 6.30. The zero-order valence-corrected chi connectivity index (χ0v) is 12.7. The second-order valence-corrected chi connectivity index (χ2v) is 5.73. The zero-order chi connectivity index (χ0) is 14.8. The molecule has 0 amide bonds. The molecule has 0 radical (unpaired) electrons. The van der Waals surface area contributed by atoms with Crippen molar-refractivity contribution in [1.82, 2.24) is 0 Å². The van der Waals surface area contributed by atoms with Gasteiger partial charge in [-0.25, -0.2) is 0 Å². The minimum absolute atomic E-state index is 0.251. The fraction of sp³-hybridized carbons (Fsp3) is 0.222. The van der Waals surface area contributed by atoms with Crippen LogP contribution in [-0.2, 0) is 6.42 Å². The first-order valence-electron chi connectivity index (χ1n) is 7.02. The van der Waals surface area contributed by atoms with Gasteiger partial charge in [0.25, 0.3) is 0 Å². The van der Waals surface area contributed by atoms with E-state index >= 15 is 0 Å². The molecule has 2 atom stereocenters. The predicted molar refractivity (Wildman–Crippen MR) is 88.5 cm³/mol. The maximum absolute atomic E-state index is 5.97. The van der Waals surface area contributed by atoms with Crippen LogP contribution in [0.1, 0.15) is 17.0 Å². The standard InChI is InChI=1S/C18H18ClNO/c1-3-16(12-4-6-14(19)7-5-12)18-11-13-10-15(21-2)8-9-17(13)20-18/h3-10,16,18,20H,1,11H2,2H3/t16-,18-/m0/s1. The van der Waals surface area contributed by atoms with Crippen LogP contribution in [0.25, 0.3) is 0 Å². The highest BCUT2D eigenvalue weighted by atomic mass is 35.5. The first-order chi connectivity index (χ1) is 10.2. The van der Waals surface area contributed by atoms with E-state index in [4.69, 9.17) is 16.3 Å². The Morgan fingerprint density at radius 2 is 2.05 bits per heavy atom. The van der Waals surface area contributed by atoms with Gasteiger partial charge >= 0.3 is 0 Å². The molecule has 1 N–H and O–H groups in total. The monoisotopic (exact) mass is 299 g/mol. The van der Waals surface area contributed by atoms with Gasteiger partial charge in [-0.1, -0.05) is 29.8 Å². The molecule has 0 bridgehead atoms. The van der Waals surface area contributed by atoms with Crippen LogP contribution < -0.4 is 10.1 Å². The molecular formula is C18H18ClNO. The summed E-state index contributed by atoms with van der Waals surface area (Å²) in [6, 6.07) is 14.5. The lowest BCUT2D eigenvalue weighted by atomic mass is 9.90. The summed E-state index contributed by atoms with van der Waals surface area (Å²) < 4.78 is 5.30. The van der Waals surface area contributed by atoms with E-state index in [1.807, 2.05) is 24.3 Å². The summed E-state index contributed by atoms with van der Waals surface area (Å²) in [6.45, 7) is 4.00. The molecule has 108 valence electrons. The van der Waals surface area contributed by atoms with Crippen molar-refractivity contribution in [3.05, 3.63) is 71.3 Å². The Labute approximate surface area is 130 Å². The summed E-state index contributed by atoms with van der Waals surface area (Å²) >= 11 is 5.97. The molecule has 1 heterocycles. The van der Waals surface area contributed by atoms with E-state index in [9.17, 15) is 0 Å². The Morgan fingerprint density at radius 3 is 2.71 bits per heavy atom. The van der Waals surface area contributed by atoms with Crippen molar-refractivity contribution in [2.75, 3.05) is 12.4 Å². The van der Waals surface area contributed by atoms with Crippen LogP contribution in [-0.4, -0.2) is 13.2 Å². The number of nitrogens with one attached hydrogen (secondary N) is 1. The second kappa shape index (κ2) is 5.82. The lowest BCUT2D eigenvalue weighted by Crippen LogP contribution is -2.23. The molecule has 0 saturated heterocycles. The third-order valence-corrected chi connectivity index (χ3v) is 4.29. The van der Waals surface area contributed by atoms with Gasteiger partial charge < -0.3 is 10.1 Å². The number of methoxy groups -OCH3 is 1. The average Bonchev–Trinajstić information content (AvgIpc) is 2.92. The average molecular weight is 300 g/mol. The number of hydrogen-bond donors (Lipinski definition) is 1. The molecule has 3 heteroatoms. The van der Waals surface area contributed by atoms with Crippen LogP contribution in [0.4, 0.5) is 5.69 Å². The molecule has 0 fully saturated rings. The zero-order valence-electron chi connectivity index (χ0n) is 12.0. The molecule has 0 aliphatic carbocycles. The van der Waals surface area contributed by atoms with Gasteiger partial charge in [0, 0.05) is 22.7 Å². The van der Waals surface area contributed by atoms with Crippen LogP contribution in [0.2, 0.25) is 5.02 Å². The van der Waals surface area contributed by atoms with E-state index in [1.165, 1.54) is 16.8 Å². The smallest absolute Gasteiger partial charge is 0.119 e. The van der Waals surface area contributed by atoms with Crippen molar-refractivity contribution < 1.29 is 4.74 Å². The fourth-order valence-corrected chi connectivity index (χ4v) is 3.05. The summed E-state index contributed by atoms with van der Waals surface area (Å²) in [5.41, 5.74) is 3.70. The molecule has 21 heavy (non-hydrogen) atoms. The fourth-order valence-electron chi connectivity index (χ4n) is 2.93. The topological polar surface area (TPSA) is 21.3 Å². The van der Waals surface area contributed by atoms with Crippen molar-refractivity contribution in [3.8, 4) is 5.75 Å². The maximum Gasteiger partial charge on any atom is 0.119 e. The van der Waals surface area contributed by atoms with Crippen LogP contribution in [0.5, 0.6) is 5.75 Å². The molecular weight excluding hydrogens is 282 g/mol. The van der Waals surface area contributed by atoms with E-state index in [0.717, 1.165) is 17.2 Å². The van der Waals surface area contributed by atoms with E-state index in [0.29, 0.717) is 6.04 Å². The van der Waals surface area contributed by atoms with Gasteiger partial charge in [-0.15, -0.1) is 6.58 Å². The third kappa shape index (κ3) is 2.77. The normalized spacial score (nSPS) is 17.7. The Hall–Kier alpha value is -1.93. The van der Waals surface area contributed by atoms with Gasteiger partial charge in [0.2, 0.25) is 0 Å². The van der Waals surface area contributed by atoms with Crippen LogP contribution in [0.3, 0.4) is 0 Å². The van der Waals surface area contributed by atoms with Gasteiger partial charge in [-0.3, -0.25) is 0 Å². The highest BCUT2D eigenvalue weighted by Gasteiger charge is 2.27. The quantitative estimate of drug-likeness (QED) is 0.829. The van der Waals surface area contributed by atoms with Gasteiger partial charge in [0.05, 0.1) is 7.11 Å². The Bertz CT molecular complexity index is 651. The van der Waals surface area contributed by atoms with E-state index < -0.39 is 0 Å². The number of rotatable bonds is 4. The Kier molecular flexibility index (Phi) is 3.89. The number of ether oxygens (including phenoxy) is 1. The number of benzene rings is 2. The Morgan fingerprint density at radius 1 is 1.29 bits per heavy atom. The van der Waals surface area contributed by atoms with E-state index in [2.05, 4.69) is 36.2 Å².